The Morgan fingerprint density at radius 1 is 1.12 bits per heavy atom. The van der Waals surface area contributed by atoms with Crippen molar-refractivity contribution in [1.82, 2.24) is 14.8 Å². The van der Waals surface area contributed by atoms with Crippen molar-refractivity contribution in [2.24, 2.45) is 7.05 Å². The van der Waals surface area contributed by atoms with Crippen molar-refractivity contribution in [3.05, 3.63) is 66.4 Å². The van der Waals surface area contributed by atoms with Crippen LogP contribution in [0.2, 0.25) is 0 Å². The molecule has 1 aromatic heterocycles. The van der Waals surface area contributed by atoms with Gasteiger partial charge in [-0.15, -0.1) is 0 Å². The van der Waals surface area contributed by atoms with Crippen molar-refractivity contribution >= 4 is 28.5 Å². The van der Waals surface area contributed by atoms with Gasteiger partial charge in [-0.3, -0.25) is 4.79 Å². The van der Waals surface area contributed by atoms with Gasteiger partial charge in [0.2, 0.25) is 5.91 Å². The number of benzene rings is 2. The number of piperazine rings is 1. The van der Waals surface area contributed by atoms with Crippen molar-refractivity contribution in [3.8, 4) is 0 Å². The van der Waals surface area contributed by atoms with E-state index >= 15 is 0 Å². The van der Waals surface area contributed by atoms with Crippen LogP contribution in [0, 0.1) is 0 Å². The molecule has 1 saturated heterocycles. The number of hydrogen-bond acceptors (Lipinski definition) is 2. The van der Waals surface area contributed by atoms with Crippen LogP contribution in [0.3, 0.4) is 0 Å². The van der Waals surface area contributed by atoms with Crippen molar-refractivity contribution in [2.75, 3.05) is 18.4 Å². The normalized spacial score (nSPS) is 17.2. The van der Waals surface area contributed by atoms with Crippen LogP contribution < -0.4 is 10.6 Å². The van der Waals surface area contributed by atoms with E-state index in [1.807, 2.05) is 72.4 Å². The molecular formula is C20H20N4O2. The number of amides is 3. The summed E-state index contributed by atoms with van der Waals surface area (Å²) < 4.78 is 1.97. The van der Waals surface area contributed by atoms with Crippen LogP contribution in [0.5, 0.6) is 0 Å². The van der Waals surface area contributed by atoms with Crippen LogP contribution in [0.15, 0.2) is 60.8 Å². The standard InChI is InChI=1S/C20H20N4O2/c1-23-12-10-15-8-5-9-16(17(15)23)22-20(26)24-13-11-21-19(25)18(24)14-6-3-2-4-7-14/h2-10,12,18H,11,13H2,1H3,(H,21,25)(H,22,26)/t18-/m1/s1. The average molecular weight is 348 g/mol. The zero-order valence-electron chi connectivity index (χ0n) is 14.5. The molecule has 2 N–H and O–H groups in total. The van der Waals surface area contributed by atoms with Gasteiger partial charge in [-0.05, 0) is 17.7 Å². The Morgan fingerprint density at radius 3 is 2.73 bits per heavy atom. The highest BCUT2D eigenvalue weighted by Gasteiger charge is 2.34. The molecule has 3 aromatic rings. The van der Waals surface area contributed by atoms with E-state index in [9.17, 15) is 9.59 Å². The van der Waals surface area contributed by atoms with E-state index in [-0.39, 0.29) is 11.9 Å². The van der Waals surface area contributed by atoms with Crippen molar-refractivity contribution < 1.29 is 9.59 Å². The van der Waals surface area contributed by atoms with E-state index in [4.69, 9.17) is 0 Å². The molecule has 2 heterocycles. The molecule has 4 rings (SSSR count). The summed E-state index contributed by atoms with van der Waals surface area (Å²) >= 11 is 0. The Kier molecular flexibility index (Phi) is 4.08. The molecule has 0 spiro atoms. The zero-order chi connectivity index (χ0) is 18.1. The lowest BCUT2D eigenvalue weighted by Crippen LogP contribution is -2.53. The highest BCUT2D eigenvalue weighted by atomic mass is 16.2. The largest absolute Gasteiger partial charge is 0.352 e. The van der Waals surface area contributed by atoms with Crippen LogP contribution in [0.1, 0.15) is 11.6 Å². The maximum atomic E-state index is 13.0. The summed E-state index contributed by atoms with van der Waals surface area (Å²) in [4.78, 5) is 27.0. The molecule has 26 heavy (non-hydrogen) atoms. The molecule has 1 aliphatic rings. The van der Waals surface area contributed by atoms with E-state index in [0.717, 1.165) is 22.2 Å². The molecule has 0 saturated carbocycles. The number of para-hydroxylation sites is 1. The van der Waals surface area contributed by atoms with Crippen LogP contribution in [-0.4, -0.2) is 34.5 Å². The summed E-state index contributed by atoms with van der Waals surface area (Å²) in [6.07, 6.45) is 1.96. The fourth-order valence-corrected chi connectivity index (χ4v) is 3.50. The van der Waals surface area contributed by atoms with Gasteiger partial charge >= 0.3 is 6.03 Å². The zero-order valence-corrected chi connectivity index (χ0v) is 14.5. The van der Waals surface area contributed by atoms with Crippen molar-refractivity contribution in [1.29, 1.82) is 0 Å². The lowest BCUT2D eigenvalue weighted by molar-refractivity contribution is -0.127. The molecule has 0 bridgehead atoms. The minimum absolute atomic E-state index is 0.158. The second-order valence-electron chi connectivity index (χ2n) is 6.40. The molecule has 1 aliphatic heterocycles. The smallest absolute Gasteiger partial charge is 0.322 e. The van der Waals surface area contributed by atoms with E-state index < -0.39 is 6.04 Å². The SMILES string of the molecule is Cn1ccc2cccc(NC(=O)N3CCNC(=O)[C@H]3c3ccccc3)c21. The lowest BCUT2D eigenvalue weighted by atomic mass is 10.0. The lowest BCUT2D eigenvalue weighted by Gasteiger charge is -2.35. The monoisotopic (exact) mass is 348 g/mol. The Balaban J connectivity index is 1.65. The third-order valence-corrected chi connectivity index (χ3v) is 4.73. The molecule has 132 valence electrons. The molecule has 0 aliphatic carbocycles. The molecule has 0 radical (unpaired) electrons. The molecule has 1 fully saturated rings. The second kappa shape index (κ2) is 6.55. The first kappa shape index (κ1) is 16.2. The highest BCUT2D eigenvalue weighted by molar-refractivity contribution is 6.01. The van der Waals surface area contributed by atoms with Gasteiger partial charge in [-0.25, -0.2) is 4.79 Å². The van der Waals surface area contributed by atoms with Crippen molar-refractivity contribution in [3.63, 3.8) is 0 Å². The number of carbonyl (C=O) groups is 2. The number of nitrogens with zero attached hydrogens (tertiary/aromatic N) is 2. The summed E-state index contributed by atoms with van der Waals surface area (Å²) in [6, 6.07) is 16.3. The Labute approximate surface area is 151 Å². The molecule has 2 aromatic carbocycles. The number of aromatic nitrogens is 1. The van der Waals surface area contributed by atoms with E-state index in [0.29, 0.717) is 13.1 Å². The van der Waals surface area contributed by atoms with Gasteiger partial charge in [0.15, 0.2) is 0 Å². The van der Waals surface area contributed by atoms with E-state index in [2.05, 4.69) is 10.6 Å². The number of anilines is 1. The number of urea groups is 1. The second-order valence-corrected chi connectivity index (χ2v) is 6.40. The molecule has 0 unspecified atom stereocenters. The molecule has 1 atom stereocenters. The summed E-state index contributed by atoms with van der Waals surface area (Å²) in [5, 5.41) is 6.89. The Bertz CT molecular complexity index is 964. The van der Waals surface area contributed by atoms with Gasteiger partial charge in [0.1, 0.15) is 6.04 Å². The van der Waals surface area contributed by atoms with E-state index in [1.165, 1.54) is 0 Å². The van der Waals surface area contributed by atoms with Gasteiger partial charge in [0, 0.05) is 31.7 Å². The first-order valence-electron chi connectivity index (χ1n) is 8.59. The summed E-state index contributed by atoms with van der Waals surface area (Å²) in [5.74, 6) is -0.158. The van der Waals surface area contributed by atoms with Crippen LogP contribution >= 0.6 is 0 Å². The van der Waals surface area contributed by atoms with Crippen LogP contribution in [0.4, 0.5) is 10.5 Å². The minimum Gasteiger partial charge on any atom is -0.352 e. The third-order valence-electron chi connectivity index (χ3n) is 4.73. The predicted octanol–water partition coefficient (Wildman–Crippen LogP) is 2.88. The van der Waals surface area contributed by atoms with Gasteiger partial charge < -0.3 is 20.1 Å². The van der Waals surface area contributed by atoms with Gasteiger partial charge in [-0.1, -0.05) is 42.5 Å². The summed E-state index contributed by atoms with van der Waals surface area (Å²) in [7, 11) is 1.94. The van der Waals surface area contributed by atoms with Crippen molar-refractivity contribution in [2.45, 2.75) is 6.04 Å². The average Bonchev–Trinajstić information content (AvgIpc) is 3.04. The number of nitrogens with one attached hydrogen (secondary N) is 2. The fourth-order valence-electron chi connectivity index (χ4n) is 3.50. The molecular weight excluding hydrogens is 328 g/mol. The number of carbonyl (C=O) groups excluding carboxylic acids is 2. The highest BCUT2D eigenvalue weighted by Crippen LogP contribution is 2.27. The van der Waals surface area contributed by atoms with E-state index in [1.54, 1.807) is 4.90 Å². The quantitative estimate of drug-likeness (QED) is 0.748. The summed E-state index contributed by atoms with van der Waals surface area (Å²) in [5.41, 5.74) is 2.49. The first-order valence-corrected chi connectivity index (χ1v) is 8.59. The first-order chi connectivity index (χ1) is 12.6. The molecule has 6 heteroatoms. The Morgan fingerprint density at radius 2 is 1.92 bits per heavy atom. The molecule has 3 amide bonds. The maximum absolute atomic E-state index is 13.0. The predicted molar refractivity (Wildman–Crippen MR) is 101 cm³/mol. The number of rotatable bonds is 2. The van der Waals surface area contributed by atoms with Gasteiger partial charge in [0.25, 0.3) is 0 Å². The van der Waals surface area contributed by atoms with Gasteiger partial charge in [-0.2, -0.15) is 0 Å². The summed E-state index contributed by atoms with van der Waals surface area (Å²) in [6.45, 7) is 0.907. The van der Waals surface area contributed by atoms with Crippen LogP contribution in [-0.2, 0) is 11.8 Å². The fraction of sp³-hybridized carbons (Fsp3) is 0.200. The molecule has 6 nitrogen and oxygen atoms in total. The minimum atomic E-state index is -0.627. The number of hydrogen-bond donors (Lipinski definition) is 2. The Hall–Kier alpha value is -3.28. The maximum Gasteiger partial charge on any atom is 0.322 e. The van der Waals surface area contributed by atoms with Crippen LogP contribution in [0.25, 0.3) is 10.9 Å². The topological polar surface area (TPSA) is 66.4 Å². The third kappa shape index (κ3) is 2.79. The van der Waals surface area contributed by atoms with Gasteiger partial charge in [0.05, 0.1) is 11.2 Å². The number of aryl methyl sites for hydroxylation is 1. The number of fused-ring (bicyclic) bond motifs is 1.